The SMILES string of the molecule is C/C(=C\C(C)C)N(C)CC(O)CO. The maximum atomic E-state index is 9.19. The van der Waals surface area contributed by atoms with E-state index in [1.54, 1.807) is 0 Å². The molecular weight excluding hydrogens is 166 g/mol. The molecule has 3 heteroatoms. The van der Waals surface area contributed by atoms with Crippen molar-refractivity contribution in [2.24, 2.45) is 5.92 Å². The molecule has 1 unspecified atom stereocenters. The minimum absolute atomic E-state index is 0.181. The Kier molecular flexibility index (Phi) is 5.75. The monoisotopic (exact) mass is 187 g/mol. The first-order valence-corrected chi connectivity index (χ1v) is 4.65. The molecule has 0 bridgehead atoms. The van der Waals surface area contributed by atoms with Gasteiger partial charge in [-0.1, -0.05) is 19.9 Å². The molecule has 0 aliphatic rings. The van der Waals surface area contributed by atoms with Gasteiger partial charge < -0.3 is 15.1 Å². The Balaban J connectivity index is 4.02. The number of rotatable bonds is 5. The zero-order valence-corrected chi connectivity index (χ0v) is 8.99. The number of hydrogen-bond donors (Lipinski definition) is 2. The topological polar surface area (TPSA) is 43.7 Å². The van der Waals surface area contributed by atoms with Crippen molar-refractivity contribution >= 4 is 0 Å². The highest BCUT2D eigenvalue weighted by molar-refractivity contribution is 4.98. The van der Waals surface area contributed by atoms with Gasteiger partial charge in [-0.05, 0) is 12.8 Å². The molecular formula is C10H21NO2. The fourth-order valence-corrected chi connectivity index (χ4v) is 1.13. The first-order chi connectivity index (χ1) is 5.97. The van der Waals surface area contributed by atoms with Gasteiger partial charge in [0.25, 0.3) is 0 Å². The molecule has 0 aliphatic heterocycles. The lowest BCUT2D eigenvalue weighted by molar-refractivity contribution is 0.0742. The lowest BCUT2D eigenvalue weighted by Crippen LogP contribution is -2.30. The lowest BCUT2D eigenvalue weighted by atomic mass is 10.2. The van der Waals surface area contributed by atoms with Gasteiger partial charge in [-0.25, -0.2) is 0 Å². The Morgan fingerprint density at radius 3 is 2.38 bits per heavy atom. The van der Waals surface area contributed by atoms with Crippen LogP contribution in [0.1, 0.15) is 20.8 Å². The van der Waals surface area contributed by atoms with Gasteiger partial charge in [-0.15, -0.1) is 0 Å². The van der Waals surface area contributed by atoms with Crippen molar-refractivity contribution in [3.05, 3.63) is 11.8 Å². The molecule has 78 valence electrons. The summed E-state index contributed by atoms with van der Waals surface area (Å²) >= 11 is 0. The van der Waals surface area contributed by atoms with Crippen LogP contribution < -0.4 is 0 Å². The molecule has 0 aromatic rings. The zero-order valence-electron chi connectivity index (χ0n) is 8.99. The maximum absolute atomic E-state index is 9.19. The second-order valence-corrected chi connectivity index (χ2v) is 3.77. The molecule has 0 spiro atoms. The van der Waals surface area contributed by atoms with Crippen molar-refractivity contribution < 1.29 is 10.2 Å². The maximum Gasteiger partial charge on any atom is 0.0945 e. The Hall–Kier alpha value is -0.540. The average molecular weight is 187 g/mol. The second kappa shape index (κ2) is 6.00. The first kappa shape index (κ1) is 12.5. The Labute approximate surface area is 80.7 Å². The van der Waals surface area contributed by atoms with Gasteiger partial charge >= 0.3 is 0 Å². The third kappa shape index (κ3) is 5.66. The van der Waals surface area contributed by atoms with Gasteiger partial charge in [-0.2, -0.15) is 0 Å². The summed E-state index contributed by atoms with van der Waals surface area (Å²) in [5.74, 6) is 0.508. The highest BCUT2D eigenvalue weighted by atomic mass is 16.3. The van der Waals surface area contributed by atoms with Crippen LogP contribution in [-0.4, -0.2) is 41.4 Å². The van der Waals surface area contributed by atoms with Crippen LogP contribution >= 0.6 is 0 Å². The number of allylic oxidation sites excluding steroid dienone is 2. The molecule has 13 heavy (non-hydrogen) atoms. The summed E-state index contributed by atoms with van der Waals surface area (Å²) in [4.78, 5) is 1.95. The second-order valence-electron chi connectivity index (χ2n) is 3.77. The van der Waals surface area contributed by atoms with Crippen LogP contribution in [0.25, 0.3) is 0 Å². The van der Waals surface area contributed by atoms with E-state index in [4.69, 9.17) is 5.11 Å². The molecule has 0 aromatic heterocycles. The minimum atomic E-state index is -0.652. The number of hydrogen-bond acceptors (Lipinski definition) is 3. The highest BCUT2D eigenvalue weighted by Gasteiger charge is 2.06. The van der Waals surface area contributed by atoms with Gasteiger partial charge in [0.1, 0.15) is 0 Å². The van der Waals surface area contributed by atoms with Crippen LogP contribution in [0.4, 0.5) is 0 Å². The molecule has 1 atom stereocenters. The van der Waals surface area contributed by atoms with Crippen LogP contribution in [0.15, 0.2) is 11.8 Å². The molecule has 0 saturated carbocycles. The summed E-state index contributed by atoms with van der Waals surface area (Å²) < 4.78 is 0. The summed E-state index contributed by atoms with van der Waals surface area (Å²) in [5, 5.41) is 17.8. The van der Waals surface area contributed by atoms with Crippen molar-refractivity contribution in [3.63, 3.8) is 0 Å². The molecule has 0 fully saturated rings. The van der Waals surface area contributed by atoms with Crippen LogP contribution in [0.5, 0.6) is 0 Å². The van der Waals surface area contributed by atoms with Gasteiger partial charge in [0.15, 0.2) is 0 Å². The van der Waals surface area contributed by atoms with Crippen LogP contribution in [0, 0.1) is 5.92 Å². The molecule has 0 aliphatic carbocycles. The summed E-state index contributed by atoms with van der Waals surface area (Å²) in [6.45, 7) is 6.52. The Morgan fingerprint density at radius 2 is 2.00 bits per heavy atom. The van der Waals surface area contributed by atoms with E-state index in [2.05, 4.69) is 19.9 Å². The summed E-state index contributed by atoms with van der Waals surface area (Å²) in [6.07, 6.45) is 1.48. The quantitative estimate of drug-likeness (QED) is 0.670. The van der Waals surface area contributed by atoms with E-state index < -0.39 is 6.10 Å². The highest BCUT2D eigenvalue weighted by Crippen LogP contribution is 2.06. The standard InChI is InChI=1S/C10H21NO2/c1-8(2)5-9(3)11(4)6-10(13)7-12/h5,8,10,12-13H,6-7H2,1-4H3/b9-5+. The van der Waals surface area contributed by atoms with Crippen molar-refractivity contribution in [3.8, 4) is 0 Å². The van der Waals surface area contributed by atoms with Gasteiger partial charge in [0.2, 0.25) is 0 Å². The van der Waals surface area contributed by atoms with E-state index in [1.165, 1.54) is 0 Å². The van der Waals surface area contributed by atoms with Crippen molar-refractivity contribution in [2.45, 2.75) is 26.9 Å². The van der Waals surface area contributed by atoms with Gasteiger partial charge in [0.05, 0.1) is 12.7 Å². The number of aliphatic hydroxyl groups is 2. The minimum Gasteiger partial charge on any atom is -0.394 e. The van der Waals surface area contributed by atoms with E-state index in [1.807, 2.05) is 18.9 Å². The summed E-state index contributed by atoms with van der Waals surface area (Å²) in [5.41, 5.74) is 1.13. The van der Waals surface area contributed by atoms with Gasteiger partial charge in [0, 0.05) is 19.3 Å². The molecule has 0 amide bonds. The zero-order chi connectivity index (χ0) is 10.4. The fourth-order valence-electron chi connectivity index (χ4n) is 1.13. The van der Waals surface area contributed by atoms with E-state index in [-0.39, 0.29) is 6.61 Å². The molecule has 0 aromatic carbocycles. The van der Waals surface area contributed by atoms with Crippen molar-refractivity contribution in [1.82, 2.24) is 4.90 Å². The molecule has 3 nitrogen and oxygen atoms in total. The molecule has 0 radical (unpaired) electrons. The van der Waals surface area contributed by atoms with Crippen molar-refractivity contribution in [1.29, 1.82) is 0 Å². The van der Waals surface area contributed by atoms with Crippen LogP contribution in [-0.2, 0) is 0 Å². The van der Waals surface area contributed by atoms with Crippen LogP contribution in [0.3, 0.4) is 0 Å². The fraction of sp³-hybridized carbons (Fsp3) is 0.800. The predicted octanol–water partition coefficient (Wildman–Crippen LogP) is 0.831. The third-order valence-corrected chi connectivity index (χ3v) is 1.87. The number of likely N-dealkylation sites (N-methyl/N-ethyl adjacent to an activating group) is 1. The van der Waals surface area contributed by atoms with Crippen molar-refractivity contribution in [2.75, 3.05) is 20.2 Å². The third-order valence-electron chi connectivity index (χ3n) is 1.87. The summed E-state index contributed by atoms with van der Waals surface area (Å²) in [6, 6.07) is 0. The molecule has 0 rings (SSSR count). The van der Waals surface area contributed by atoms with E-state index in [0.29, 0.717) is 12.5 Å². The van der Waals surface area contributed by atoms with E-state index in [0.717, 1.165) is 5.70 Å². The lowest BCUT2D eigenvalue weighted by Gasteiger charge is -2.22. The molecule has 0 heterocycles. The number of nitrogens with zero attached hydrogens (tertiary/aromatic N) is 1. The smallest absolute Gasteiger partial charge is 0.0945 e. The van der Waals surface area contributed by atoms with Crippen LogP contribution in [0.2, 0.25) is 0 Å². The van der Waals surface area contributed by atoms with E-state index >= 15 is 0 Å². The molecule has 2 N–H and O–H groups in total. The van der Waals surface area contributed by atoms with E-state index in [9.17, 15) is 5.11 Å². The summed E-state index contributed by atoms with van der Waals surface area (Å²) in [7, 11) is 1.91. The Morgan fingerprint density at radius 1 is 1.46 bits per heavy atom. The normalized spacial score (nSPS) is 14.8. The van der Waals surface area contributed by atoms with Gasteiger partial charge in [-0.3, -0.25) is 0 Å². The Bertz CT molecular complexity index is 166. The first-order valence-electron chi connectivity index (χ1n) is 4.65. The number of aliphatic hydroxyl groups excluding tert-OH is 2. The predicted molar refractivity (Wildman–Crippen MR) is 54.3 cm³/mol. The molecule has 0 saturated heterocycles. The largest absolute Gasteiger partial charge is 0.394 e. The average Bonchev–Trinajstić information content (AvgIpc) is 2.02.